The van der Waals surface area contributed by atoms with Crippen LogP contribution in [0.15, 0.2) is 53.5 Å². The number of rotatable bonds is 4. The number of carbonyl (C=O) groups is 2. The van der Waals surface area contributed by atoms with Crippen LogP contribution < -0.4 is 5.56 Å². The van der Waals surface area contributed by atoms with Gasteiger partial charge in [-0.1, -0.05) is 30.3 Å². The van der Waals surface area contributed by atoms with Crippen molar-refractivity contribution in [1.82, 2.24) is 19.3 Å². The monoisotopic (exact) mass is 382 g/mol. The fraction of sp³-hybridized carbons (Fsp3) is 0.381. The largest absolute Gasteiger partial charge is 0.347 e. The van der Waals surface area contributed by atoms with Gasteiger partial charge >= 0.3 is 0 Å². The highest BCUT2D eigenvalue weighted by molar-refractivity contribution is 5.94. The molecule has 0 N–H and O–H groups in total. The first-order valence-electron chi connectivity index (χ1n) is 9.32. The van der Waals surface area contributed by atoms with Crippen molar-refractivity contribution < 1.29 is 9.59 Å². The van der Waals surface area contributed by atoms with Crippen LogP contribution in [0, 0.1) is 0 Å². The van der Waals surface area contributed by atoms with Gasteiger partial charge in [0.25, 0.3) is 11.5 Å². The van der Waals surface area contributed by atoms with E-state index < -0.39 is 0 Å². The number of likely N-dealkylation sites (N-methyl/N-ethyl adjacent to an activating group) is 2. The molecule has 1 aliphatic heterocycles. The molecule has 2 heterocycles. The summed E-state index contributed by atoms with van der Waals surface area (Å²) in [6.45, 7) is 2.05. The molecule has 7 nitrogen and oxygen atoms in total. The topological polar surface area (TPSA) is 65.9 Å². The van der Waals surface area contributed by atoms with E-state index in [4.69, 9.17) is 0 Å². The summed E-state index contributed by atoms with van der Waals surface area (Å²) in [7, 11) is 5.32. The molecule has 2 amide bonds. The van der Waals surface area contributed by atoms with Crippen molar-refractivity contribution in [3.05, 3.63) is 70.1 Å². The van der Waals surface area contributed by atoms with Gasteiger partial charge in [0.2, 0.25) is 5.91 Å². The summed E-state index contributed by atoms with van der Waals surface area (Å²) in [4.78, 5) is 42.9. The molecule has 1 unspecified atom stereocenters. The Labute approximate surface area is 164 Å². The first-order valence-corrected chi connectivity index (χ1v) is 9.32. The highest BCUT2D eigenvalue weighted by atomic mass is 16.2. The minimum absolute atomic E-state index is 0.0590. The molecule has 3 rings (SSSR count). The fourth-order valence-corrected chi connectivity index (χ4v) is 3.36. The van der Waals surface area contributed by atoms with Crippen molar-refractivity contribution in [2.45, 2.75) is 12.6 Å². The number of hydrogen-bond donors (Lipinski definition) is 0. The van der Waals surface area contributed by atoms with E-state index >= 15 is 0 Å². The van der Waals surface area contributed by atoms with Crippen molar-refractivity contribution in [3.63, 3.8) is 0 Å². The molecular formula is C21H26N4O3. The number of nitrogens with zero attached hydrogens (tertiary/aromatic N) is 4. The third kappa shape index (κ3) is 4.31. The average Bonchev–Trinajstić information content (AvgIpc) is 2.69. The number of piperazine rings is 1. The van der Waals surface area contributed by atoms with E-state index in [-0.39, 0.29) is 30.0 Å². The van der Waals surface area contributed by atoms with Crippen molar-refractivity contribution in [3.8, 4) is 0 Å². The van der Waals surface area contributed by atoms with E-state index in [9.17, 15) is 14.4 Å². The number of amides is 2. The highest BCUT2D eigenvalue weighted by Gasteiger charge is 2.31. The quantitative estimate of drug-likeness (QED) is 0.793. The minimum Gasteiger partial charge on any atom is -0.347 e. The summed E-state index contributed by atoms with van der Waals surface area (Å²) in [6.07, 6.45) is 1.49. The molecule has 1 aliphatic rings. The molecule has 2 aromatic rings. The number of aromatic nitrogens is 1. The maximum atomic E-state index is 13.3. The summed E-state index contributed by atoms with van der Waals surface area (Å²) in [5.41, 5.74) is 1.19. The summed E-state index contributed by atoms with van der Waals surface area (Å²) < 4.78 is 1.29. The van der Waals surface area contributed by atoms with Crippen LogP contribution in [0.4, 0.5) is 0 Å². The summed E-state index contributed by atoms with van der Waals surface area (Å²) in [5.74, 6) is -0.332. The molecule has 0 radical (unpaired) electrons. The predicted molar refractivity (Wildman–Crippen MR) is 107 cm³/mol. The van der Waals surface area contributed by atoms with E-state index in [2.05, 4.69) is 4.90 Å². The summed E-state index contributed by atoms with van der Waals surface area (Å²) in [6, 6.07) is 12.8. The first kappa shape index (κ1) is 19.8. The van der Waals surface area contributed by atoms with E-state index in [1.165, 1.54) is 21.7 Å². The Bertz CT molecular complexity index is 907. The molecule has 7 heteroatoms. The lowest BCUT2D eigenvalue weighted by molar-refractivity contribution is -0.129. The molecule has 0 spiro atoms. The van der Waals surface area contributed by atoms with Crippen molar-refractivity contribution in [2.75, 3.05) is 40.8 Å². The first-order chi connectivity index (χ1) is 13.4. The molecule has 0 bridgehead atoms. The Kier molecular flexibility index (Phi) is 5.94. The molecule has 1 atom stereocenters. The van der Waals surface area contributed by atoms with Gasteiger partial charge in [-0.2, -0.15) is 0 Å². The van der Waals surface area contributed by atoms with Gasteiger partial charge in [-0.3, -0.25) is 14.4 Å². The molecule has 148 valence electrons. The van der Waals surface area contributed by atoms with Gasteiger partial charge in [0.15, 0.2) is 0 Å². The summed E-state index contributed by atoms with van der Waals surface area (Å²) in [5, 5.41) is 0. The van der Waals surface area contributed by atoms with Crippen molar-refractivity contribution in [1.29, 1.82) is 0 Å². The molecule has 28 heavy (non-hydrogen) atoms. The van der Waals surface area contributed by atoms with Crippen LogP contribution in [0.2, 0.25) is 0 Å². The van der Waals surface area contributed by atoms with Crippen LogP contribution in [0.5, 0.6) is 0 Å². The maximum Gasteiger partial charge on any atom is 0.255 e. The van der Waals surface area contributed by atoms with Crippen LogP contribution in [0.25, 0.3) is 0 Å². The van der Waals surface area contributed by atoms with Crippen LogP contribution in [0.3, 0.4) is 0 Å². The lowest BCUT2D eigenvalue weighted by Gasteiger charge is -2.40. The van der Waals surface area contributed by atoms with Gasteiger partial charge in [0, 0.05) is 46.0 Å². The van der Waals surface area contributed by atoms with E-state index in [0.29, 0.717) is 12.1 Å². The Morgan fingerprint density at radius 3 is 2.46 bits per heavy atom. The molecule has 1 aromatic heterocycles. The van der Waals surface area contributed by atoms with Crippen LogP contribution in [0.1, 0.15) is 22.0 Å². The number of carbonyl (C=O) groups excluding carboxylic acids is 2. The van der Waals surface area contributed by atoms with Crippen LogP contribution >= 0.6 is 0 Å². The van der Waals surface area contributed by atoms with Gasteiger partial charge in [-0.25, -0.2) is 0 Å². The zero-order chi connectivity index (χ0) is 20.3. The predicted octanol–water partition coefficient (Wildman–Crippen LogP) is 1.07. The Morgan fingerprint density at radius 1 is 1.07 bits per heavy atom. The lowest BCUT2D eigenvalue weighted by Crippen LogP contribution is -2.49. The third-order valence-corrected chi connectivity index (χ3v) is 5.06. The standard InChI is InChI=1S/C21H26N4O3/c1-22(2)20(27)15-24-13-17(9-10-19(24)26)21(28)25-12-11-23(3)14-18(25)16-7-5-4-6-8-16/h4-10,13,18H,11-12,14-15H2,1-3H3. The second-order valence-corrected chi connectivity index (χ2v) is 7.36. The van der Waals surface area contributed by atoms with Crippen LogP contribution in [-0.2, 0) is 11.3 Å². The Morgan fingerprint density at radius 2 is 1.79 bits per heavy atom. The molecule has 0 saturated carbocycles. The van der Waals surface area contributed by atoms with E-state index in [1.54, 1.807) is 20.2 Å². The number of benzene rings is 1. The third-order valence-electron chi connectivity index (χ3n) is 5.06. The van der Waals surface area contributed by atoms with Crippen molar-refractivity contribution in [2.24, 2.45) is 0 Å². The van der Waals surface area contributed by atoms with Gasteiger partial charge < -0.3 is 19.3 Å². The van der Waals surface area contributed by atoms with Crippen LogP contribution in [-0.4, -0.2) is 71.9 Å². The smallest absolute Gasteiger partial charge is 0.255 e. The van der Waals surface area contributed by atoms with Crippen molar-refractivity contribution >= 4 is 11.8 Å². The zero-order valence-electron chi connectivity index (χ0n) is 16.5. The second-order valence-electron chi connectivity index (χ2n) is 7.36. The number of pyridine rings is 1. The molecule has 1 saturated heterocycles. The Hall–Kier alpha value is -2.93. The normalized spacial score (nSPS) is 17.4. The SMILES string of the molecule is CN1CCN(C(=O)c2ccc(=O)n(CC(=O)N(C)C)c2)C(c2ccccc2)C1. The van der Waals surface area contributed by atoms with Gasteiger partial charge in [-0.05, 0) is 18.7 Å². The lowest BCUT2D eigenvalue weighted by atomic mass is 10.0. The number of hydrogen-bond acceptors (Lipinski definition) is 4. The molecule has 0 aliphatic carbocycles. The second kappa shape index (κ2) is 8.39. The maximum absolute atomic E-state index is 13.3. The summed E-state index contributed by atoms with van der Waals surface area (Å²) >= 11 is 0. The molecular weight excluding hydrogens is 356 g/mol. The van der Waals surface area contributed by atoms with Gasteiger partial charge in [-0.15, -0.1) is 0 Å². The van der Waals surface area contributed by atoms with E-state index in [1.807, 2.05) is 42.3 Å². The molecule has 1 aromatic carbocycles. The van der Waals surface area contributed by atoms with Gasteiger partial charge in [0.1, 0.15) is 6.54 Å². The fourth-order valence-electron chi connectivity index (χ4n) is 3.36. The highest BCUT2D eigenvalue weighted by Crippen LogP contribution is 2.26. The molecule has 1 fully saturated rings. The Balaban J connectivity index is 1.89. The average molecular weight is 382 g/mol. The van der Waals surface area contributed by atoms with E-state index in [0.717, 1.165) is 18.7 Å². The zero-order valence-corrected chi connectivity index (χ0v) is 16.5. The minimum atomic E-state index is -0.301. The van der Waals surface area contributed by atoms with Gasteiger partial charge in [0.05, 0.1) is 11.6 Å².